The van der Waals surface area contributed by atoms with Crippen LogP contribution in [0.5, 0.6) is 0 Å². The molecule has 0 heterocycles. The molecule has 0 spiro atoms. The van der Waals surface area contributed by atoms with E-state index in [4.69, 9.17) is 10.5 Å². The van der Waals surface area contributed by atoms with E-state index >= 15 is 0 Å². The Morgan fingerprint density at radius 1 is 1.19 bits per heavy atom. The largest absolute Gasteiger partial charge is 0.376 e. The molecule has 0 aliphatic rings. The first-order valence-corrected chi connectivity index (χ1v) is 5.93. The maximum atomic E-state index is 6.09. The third-order valence-corrected chi connectivity index (χ3v) is 2.42. The molecule has 2 N–H and O–H groups in total. The topological polar surface area (TPSA) is 35.2 Å². The molecule has 0 radical (unpaired) electrons. The van der Waals surface area contributed by atoms with E-state index in [9.17, 15) is 0 Å². The van der Waals surface area contributed by atoms with Crippen LogP contribution >= 0.6 is 0 Å². The van der Waals surface area contributed by atoms with E-state index in [0.717, 1.165) is 19.4 Å². The zero-order chi connectivity index (χ0) is 12.0. The van der Waals surface area contributed by atoms with Gasteiger partial charge in [-0.15, -0.1) is 0 Å². The lowest BCUT2D eigenvalue weighted by atomic mass is 10.0. The highest BCUT2D eigenvalue weighted by atomic mass is 16.5. The van der Waals surface area contributed by atoms with Crippen LogP contribution in [0.15, 0.2) is 30.3 Å². The summed E-state index contributed by atoms with van der Waals surface area (Å²) in [6.07, 6.45) is 1.98. The SMILES string of the molecule is CC(C)(C)OCCCC(N)c1ccccc1. The standard InChI is InChI=1S/C14H23NO/c1-14(2,3)16-11-7-10-13(15)12-8-5-4-6-9-12/h4-6,8-9,13H,7,10-11,15H2,1-3H3. The van der Waals surface area contributed by atoms with Crippen LogP contribution in [0.3, 0.4) is 0 Å². The smallest absolute Gasteiger partial charge is 0.0598 e. The molecule has 2 heteroatoms. The zero-order valence-electron chi connectivity index (χ0n) is 10.6. The molecule has 90 valence electrons. The van der Waals surface area contributed by atoms with Crippen molar-refractivity contribution in [2.24, 2.45) is 5.73 Å². The molecule has 0 saturated heterocycles. The maximum Gasteiger partial charge on any atom is 0.0598 e. The Morgan fingerprint density at radius 2 is 1.81 bits per heavy atom. The number of rotatable bonds is 5. The number of hydrogen-bond donors (Lipinski definition) is 1. The van der Waals surface area contributed by atoms with Crippen molar-refractivity contribution < 1.29 is 4.74 Å². The average Bonchev–Trinajstić information content (AvgIpc) is 2.24. The Hall–Kier alpha value is -0.860. The van der Waals surface area contributed by atoms with Gasteiger partial charge in [0.15, 0.2) is 0 Å². The molecule has 1 unspecified atom stereocenters. The molecule has 0 fully saturated rings. The monoisotopic (exact) mass is 221 g/mol. The molecule has 0 bridgehead atoms. The summed E-state index contributed by atoms with van der Waals surface area (Å²) in [7, 11) is 0. The lowest BCUT2D eigenvalue weighted by Gasteiger charge is -2.20. The van der Waals surface area contributed by atoms with Crippen molar-refractivity contribution in [3.63, 3.8) is 0 Å². The minimum Gasteiger partial charge on any atom is -0.376 e. The summed E-state index contributed by atoms with van der Waals surface area (Å²) in [4.78, 5) is 0. The molecule has 1 aromatic rings. The molecule has 0 aliphatic heterocycles. The van der Waals surface area contributed by atoms with Gasteiger partial charge in [0, 0.05) is 12.6 Å². The molecule has 0 aromatic heterocycles. The highest BCUT2D eigenvalue weighted by molar-refractivity contribution is 5.18. The molecule has 1 rings (SSSR count). The summed E-state index contributed by atoms with van der Waals surface area (Å²) in [5.41, 5.74) is 7.25. The molecule has 1 atom stereocenters. The zero-order valence-corrected chi connectivity index (χ0v) is 10.6. The fourth-order valence-electron chi connectivity index (χ4n) is 1.55. The van der Waals surface area contributed by atoms with Crippen molar-refractivity contribution in [1.29, 1.82) is 0 Å². The van der Waals surface area contributed by atoms with Gasteiger partial charge in [0.2, 0.25) is 0 Å². The van der Waals surface area contributed by atoms with Crippen LogP contribution in [-0.2, 0) is 4.74 Å². The minimum absolute atomic E-state index is 0.0448. The molecule has 0 amide bonds. The Morgan fingerprint density at radius 3 is 2.38 bits per heavy atom. The fourth-order valence-corrected chi connectivity index (χ4v) is 1.55. The van der Waals surface area contributed by atoms with Gasteiger partial charge in [0.1, 0.15) is 0 Å². The van der Waals surface area contributed by atoms with Crippen LogP contribution in [0, 0.1) is 0 Å². The molecular formula is C14H23NO. The van der Waals surface area contributed by atoms with E-state index in [0.29, 0.717) is 0 Å². The number of benzene rings is 1. The number of ether oxygens (including phenoxy) is 1. The van der Waals surface area contributed by atoms with Crippen molar-refractivity contribution in [1.82, 2.24) is 0 Å². The van der Waals surface area contributed by atoms with Crippen molar-refractivity contribution in [3.8, 4) is 0 Å². The van der Waals surface area contributed by atoms with Crippen molar-refractivity contribution in [3.05, 3.63) is 35.9 Å². The van der Waals surface area contributed by atoms with Crippen LogP contribution in [0.25, 0.3) is 0 Å². The van der Waals surface area contributed by atoms with E-state index in [1.54, 1.807) is 0 Å². The second-order valence-corrected chi connectivity index (χ2v) is 5.12. The van der Waals surface area contributed by atoms with Gasteiger partial charge in [0.05, 0.1) is 5.60 Å². The summed E-state index contributed by atoms with van der Waals surface area (Å²) in [6.45, 7) is 7.00. The first-order chi connectivity index (χ1) is 7.49. The third-order valence-electron chi connectivity index (χ3n) is 2.42. The first-order valence-electron chi connectivity index (χ1n) is 5.93. The molecule has 1 aromatic carbocycles. The summed E-state index contributed by atoms with van der Waals surface area (Å²) in [5.74, 6) is 0. The maximum absolute atomic E-state index is 6.09. The van der Waals surface area contributed by atoms with E-state index in [2.05, 4.69) is 32.9 Å². The second-order valence-electron chi connectivity index (χ2n) is 5.12. The summed E-state index contributed by atoms with van der Waals surface area (Å²) >= 11 is 0. The lowest BCUT2D eigenvalue weighted by Crippen LogP contribution is -2.20. The van der Waals surface area contributed by atoms with Crippen molar-refractivity contribution in [2.75, 3.05) is 6.61 Å². The average molecular weight is 221 g/mol. The Balaban J connectivity index is 2.24. The van der Waals surface area contributed by atoms with Crippen LogP contribution < -0.4 is 5.73 Å². The van der Waals surface area contributed by atoms with Gasteiger partial charge in [-0.25, -0.2) is 0 Å². The second kappa shape index (κ2) is 6.02. The number of nitrogens with two attached hydrogens (primary N) is 1. The fraction of sp³-hybridized carbons (Fsp3) is 0.571. The molecule has 16 heavy (non-hydrogen) atoms. The van der Waals surface area contributed by atoms with Crippen LogP contribution in [0.2, 0.25) is 0 Å². The van der Waals surface area contributed by atoms with Crippen molar-refractivity contribution >= 4 is 0 Å². The first kappa shape index (κ1) is 13.2. The van der Waals surface area contributed by atoms with Gasteiger partial charge < -0.3 is 10.5 Å². The highest BCUT2D eigenvalue weighted by Crippen LogP contribution is 2.16. The van der Waals surface area contributed by atoms with Crippen molar-refractivity contribution in [2.45, 2.75) is 45.3 Å². The predicted octanol–water partition coefficient (Wildman–Crippen LogP) is 3.28. The molecule has 0 saturated carbocycles. The van der Waals surface area contributed by atoms with Crippen LogP contribution in [0.1, 0.15) is 45.2 Å². The van der Waals surface area contributed by atoms with Gasteiger partial charge >= 0.3 is 0 Å². The van der Waals surface area contributed by atoms with Gasteiger partial charge in [-0.3, -0.25) is 0 Å². The predicted molar refractivity (Wildman–Crippen MR) is 68.3 cm³/mol. The Labute approximate surface area is 98.8 Å². The molecular weight excluding hydrogens is 198 g/mol. The summed E-state index contributed by atoms with van der Waals surface area (Å²) in [6, 6.07) is 10.4. The van der Waals surface area contributed by atoms with Crippen LogP contribution in [-0.4, -0.2) is 12.2 Å². The van der Waals surface area contributed by atoms with Crippen LogP contribution in [0.4, 0.5) is 0 Å². The Kier molecular flexibility index (Phi) is 4.97. The Bertz CT molecular complexity index is 289. The van der Waals surface area contributed by atoms with E-state index < -0.39 is 0 Å². The number of hydrogen-bond acceptors (Lipinski definition) is 2. The summed E-state index contributed by atoms with van der Waals surface area (Å²) in [5, 5.41) is 0. The normalized spacial score (nSPS) is 13.8. The van der Waals surface area contributed by atoms with Gasteiger partial charge in [-0.2, -0.15) is 0 Å². The summed E-state index contributed by atoms with van der Waals surface area (Å²) < 4.78 is 5.66. The van der Waals surface area contributed by atoms with E-state index in [-0.39, 0.29) is 11.6 Å². The highest BCUT2D eigenvalue weighted by Gasteiger charge is 2.10. The minimum atomic E-state index is -0.0448. The lowest BCUT2D eigenvalue weighted by molar-refractivity contribution is -0.00509. The van der Waals surface area contributed by atoms with E-state index in [1.807, 2.05) is 18.2 Å². The van der Waals surface area contributed by atoms with E-state index in [1.165, 1.54) is 5.56 Å². The third kappa shape index (κ3) is 5.29. The quantitative estimate of drug-likeness (QED) is 0.774. The molecule has 2 nitrogen and oxygen atoms in total. The van der Waals surface area contributed by atoms with Gasteiger partial charge in [-0.1, -0.05) is 30.3 Å². The molecule has 0 aliphatic carbocycles. The van der Waals surface area contributed by atoms with Gasteiger partial charge in [0.25, 0.3) is 0 Å². The van der Waals surface area contributed by atoms with Gasteiger partial charge in [-0.05, 0) is 39.2 Å².